The zero-order chi connectivity index (χ0) is 20.5. The fraction of sp³-hybridized carbons (Fsp3) is 0.333. The minimum absolute atomic E-state index is 0.0145. The normalized spacial score (nSPS) is 21.8. The highest BCUT2D eigenvalue weighted by Gasteiger charge is 2.43. The molecule has 30 heavy (non-hydrogen) atoms. The van der Waals surface area contributed by atoms with Crippen LogP contribution in [0.4, 0.5) is 5.69 Å². The molecule has 3 heterocycles. The molecule has 1 aliphatic carbocycles. The summed E-state index contributed by atoms with van der Waals surface area (Å²) >= 11 is 5.86. The Labute approximate surface area is 182 Å². The number of anilines is 1. The van der Waals surface area contributed by atoms with E-state index in [1.54, 1.807) is 7.11 Å². The van der Waals surface area contributed by atoms with Gasteiger partial charge < -0.3 is 19.5 Å². The number of methoxy groups -OCH3 is 1. The molecular weight excluding hydrogens is 392 g/mol. The Morgan fingerprint density at radius 2 is 1.83 bits per heavy atom. The lowest BCUT2D eigenvalue weighted by Gasteiger charge is -2.31. The molecule has 1 N–H and O–H groups in total. The van der Waals surface area contributed by atoms with E-state index < -0.39 is 0 Å². The Morgan fingerprint density at radius 3 is 2.60 bits per heavy atom. The van der Waals surface area contributed by atoms with Gasteiger partial charge in [0.15, 0.2) is 5.11 Å². The third-order valence-electron chi connectivity index (χ3n) is 6.28. The summed E-state index contributed by atoms with van der Waals surface area (Å²) < 4.78 is 8.16. The molecule has 2 atom stereocenters. The summed E-state index contributed by atoms with van der Waals surface area (Å²) in [4.78, 5) is 6.87. The van der Waals surface area contributed by atoms with E-state index in [4.69, 9.17) is 17.0 Å². The first kappa shape index (κ1) is 19.1. The van der Waals surface area contributed by atoms with E-state index in [-0.39, 0.29) is 12.1 Å². The molecule has 1 saturated heterocycles. The number of hydrogen-bond acceptors (Lipinski definition) is 3. The van der Waals surface area contributed by atoms with Crippen molar-refractivity contribution in [3.63, 3.8) is 0 Å². The highest BCUT2D eigenvalue weighted by Crippen LogP contribution is 2.45. The molecule has 0 unspecified atom stereocenters. The van der Waals surface area contributed by atoms with Crippen LogP contribution in [0.5, 0.6) is 5.75 Å². The summed E-state index contributed by atoms with van der Waals surface area (Å²) in [6, 6.07) is 19.0. The second kappa shape index (κ2) is 8.11. The number of aromatic nitrogens is 2. The first-order valence-electron chi connectivity index (χ1n) is 10.6. The lowest BCUT2D eigenvalue weighted by atomic mass is 10.00. The fourth-order valence-corrected chi connectivity index (χ4v) is 5.26. The Bertz CT molecular complexity index is 1030. The van der Waals surface area contributed by atoms with E-state index in [2.05, 4.69) is 50.2 Å². The van der Waals surface area contributed by atoms with E-state index in [1.165, 1.54) is 31.4 Å². The minimum atomic E-state index is -0.0429. The van der Waals surface area contributed by atoms with E-state index >= 15 is 0 Å². The second-order valence-corrected chi connectivity index (χ2v) is 8.33. The monoisotopic (exact) mass is 418 g/mol. The van der Waals surface area contributed by atoms with Crippen LogP contribution in [0.2, 0.25) is 0 Å². The minimum Gasteiger partial charge on any atom is -0.495 e. The first-order chi connectivity index (χ1) is 14.8. The lowest BCUT2D eigenvalue weighted by Crippen LogP contribution is -2.31. The molecule has 0 radical (unpaired) electrons. The van der Waals surface area contributed by atoms with E-state index in [0.717, 1.165) is 17.1 Å². The van der Waals surface area contributed by atoms with Gasteiger partial charge in [0, 0.05) is 24.1 Å². The van der Waals surface area contributed by atoms with Crippen molar-refractivity contribution in [2.75, 3.05) is 12.0 Å². The summed E-state index contributed by atoms with van der Waals surface area (Å²) in [5, 5.41) is 4.25. The molecule has 5 nitrogen and oxygen atoms in total. The molecule has 1 aliphatic heterocycles. The predicted molar refractivity (Wildman–Crippen MR) is 123 cm³/mol. The van der Waals surface area contributed by atoms with Gasteiger partial charge in [-0.25, -0.2) is 0 Å². The van der Waals surface area contributed by atoms with Crippen molar-refractivity contribution < 1.29 is 4.74 Å². The molecule has 2 fully saturated rings. The molecular formula is C24H26N4OS. The largest absolute Gasteiger partial charge is 0.495 e. The average molecular weight is 419 g/mol. The zero-order valence-electron chi connectivity index (χ0n) is 17.1. The first-order valence-corrected chi connectivity index (χ1v) is 11.0. The number of ether oxygens (including phenoxy) is 1. The Morgan fingerprint density at radius 1 is 1.03 bits per heavy atom. The van der Waals surface area contributed by atoms with Crippen LogP contribution in [0.25, 0.3) is 0 Å². The number of thiocarbonyl (C=S) groups is 1. The smallest absolute Gasteiger partial charge is 0.174 e. The quantitative estimate of drug-likeness (QED) is 0.578. The van der Waals surface area contributed by atoms with Crippen molar-refractivity contribution in [2.45, 2.75) is 43.8 Å². The van der Waals surface area contributed by atoms with Gasteiger partial charge in [0.05, 0.1) is 24.5 Å². The summed E-state index contributed by atoms with van der Waals surface area (Å²) in [7, 11) is 1.71. The zero-order valence-corrected chi connectivity index (χ0v) is 17.9. The number of para-hydroxylation sites is 2. The van der Waals surface area contributed by atoms with Crippen molar-refractivity contribution in [1.82, 2.24) is 14.9 Å². The van der Waals surface area contributed by atoms with Crippen molar-refractivity contribution >= 4 is 23.0 Å². The van der Waals surface area contributed by atoms with Gasteiger partial charge in [0.1, 0.15) is 11.8 Å². The Hall–Kier alpha value is -2.86. The number of benzene rings is 1. The molecule has 1 saturated carbocycles. The highest BCUT2D eigenvalue weighted by molar-refractivity contribution is 7.80. The van der Waals surface area contributed by atoms with Gasteiger partial charge in [-0.15, -0.1) is 0 Å². The lowest BCUT2D eigenvalue weighted by molar-refractivity contribution is 0.412. The molecule has 2 aromatic heterocycles. The predicted octanol–water partition coefficient (Wildman–Crippen LogP) is 5.18. The maximum Gasteiger partial charge on any atom is 0.174 e. The average Bonchev–Trinajstić information content (AvgIpc) is 3.53. The van der Waals surface area contributed by atoms with Crippen molar-refractivity contribution in [3.8, 4) is 5.75 Å². The van der Waals surface area contributed by atoms with Crippen molar-refractivity contribution in [3.05, 3.63) is 78.4 Å². The molecule has 0 amide bonds. The summed E-state index contributed by atoms with van der Waals surface area (Å²) in [6.07, 6.45) is 9.12. The maximum atomic E-state index is 5.86. The fourth-order valence-electron chi connectivity index (χ4n) is 4.92. The van der Waals surface area contributed by atoms with Gasteiger partial charge in [-0.3, -0.25) is 4.98 Å². The van der Waals surface area contributed by atoms with Gasteiger partial charge in [-0.2, -0.15) is 0 Å². The molecule has 154 valence electrons. The Balaban J connectivity index is 1.65. The van der Waals surface area contributed by atoms with Crippen LogP contribution in [0, 0.1) is 0 Å². The third kappa shape index (κ3) is 3.25. The van der Waals surface area contributed by atoms with Gasteiger partial charge in [-0.05, 0) is 61.5 Å². The van der Waals surface area contributed by atoms with Crippen LogP contribution in [-0.2, 0) is 0 Å². The molecule has 5 rings (SSSR count). The van der Waals surface area contributed by atoms with Crippen LogP contribution in [0.1, 0.15) is 55.2 Å². The highest BCUT2D eigenvalue weighted by atomic mass is 32.1. The van der Waals surface area contributed by atoms with Crippen LogP contribution in [-0.4, -0.2) is 21.8 Å². The number of nitrogens with zero attached hydrogens (tertiary/aromatic N) is 3. The Kier molecular flexibility index (Phi) is 5.17. The molecule has 0 spiro atoms. The van der Waals surface area contributed by atoms with Gasteiger partial charge >= 0.3 is 0 Å². The van der Waals surface area contributed by atoms with Gasteiger partial charge in [0.2, 0.25) is 0 Å². The van der Waals surface area contributed by atoms with Crippen molar-refractivity contribution in [1.29, 1.82) is 0 Å². The number of hydrogen-bond donors (Lipinski definition) is 1. The summed E-state index contributed by atoms with van der Waals surface area (Å²) in [5.74, 6) is 0.812. The number of pyridine rings is 1. The number of nitrogens with one attached hydrogen (secondary N) is 1. The molecule has 1 aromatic carbocycles. The third-order valence-corrected chi connectivity index (χ3v) is 6.59. The van der Waals surface area contributed by atoms with E-state index in [9.17, 15) is 0 Å². The molecule has 6 heteroatoms. The summed E-state index contributed by atoms with van der Waals surface area (Å²) in [6.45, 7) is 0. The van der Waals surface area contributed by atoms with Crippen LogP contribution >= 0.6 is 12.2 Å². The van der Waals surface area contributed by atoms with Gasteiger partial charge in [0.25, 0.3) is 0 Å². The number of rotatable bonds is 5. The molecule has 2 aliphatic rings. The van der Waals surface area contributed by atoms with E-state index in [0.29, 0.717) is 11.2 Å². The van der Waals surface area contributed by atoms with Crippen LogP contribution < -0.4 is 15.0 Å². The standard InChI is InChI=1S/C24H26N4OS/c1-29-21-14-5-4-12-19(21)28-23(20-13-8-16-27(20)17-9-2-3-10-17)22(26-24(28)30)18-11-6-7-15-25-18/h4-8,11-17,22-23H,2-3,9-10H2,1H3,(H,26,30)/t22-,23-/m0/s1. The van der Waals surface area contributed by atoms with Crippen LogP contribution in [0.15, 0.2) is 67.0 Å². The topological polar surface area (TPSA) is 42.3 Å². The van der Waals surface area contributed by atoms with Gasteiger partial charge in [-0.1, -0.05) is 31.0 Å². The molecule has 0 bridgehead atoms. The molecule has 3 aromatic rings. The summed E-state index contributed by atoms with van der Waals surface area (Å²) in [5.41, 5.74) is 3.22. The second-order valence-electron chi connectivity index (χ2n) is 7.95. The van der Waals surface area contributed by atoms with Crippen molar-refractivity contribution in [2.24, 2.45) is 0 Å². The maximum absolute atomic E-state index is 5.86. The SMILES string of the molecule is COc1ccccc1N1C(=S)N[C@@H](c2ccccn2)[C@@H]1c1cccn1C1CCCC1. The van der Waals surface area contributed by atoms with Crippen LogP contribution in [0.3, 0.4) is 0 Å². The van der Waals surface area contributed by atoms with E-state index in [1.807, 2.05) is 36.5 Å².